The summed E-state index contributed by atoms with van der Waals surface area (Å²) in [5.41, 5.74) is -1.49. The maximum Gasteiger partial charge on any atom is 0.336 e. The van der Waals surface area contributed by atoms with Crippen LogP contribution in [0.15, 0.2) is 14.4 Å². The summed E-state index contributed by atoms with van der Waals surface area (Å²) in [4.78, 5) is 38.4. The van der Waals surface area contributed by atoms with Gasteiger partial charge in [-0.25, -0.2) is 28.1 Å². The van der Waals surface area contributed by atoms with E-state index in [9.17, 15) is 14.4 Å². The Morgan fingerprint density at radius 2 is 1.11 bits per heavy atom. The van der Waals surface area contributed by atoms with E-state index in [1.165, 1.54) is 13.7 Å². The maximum absolute atomic E-state index is 12.8. The lowest BCUT2D eigenvalue weighted by Gasteiger charge is -2.26. The average Bonchev–Trinajstić information content (AvgIpc) is 3.50. The summed E-state index contributed by atoms with van der Waals surface area (Å²) >= 11 is 0. The summed E-state index contributed by atoms with van der Waals surface area (Å²) in [6.45, 7) is 3.81. The topological polar surface area (TPSA) is 100 Å². The minimum atomic E-state index is -0.498. The van der Waals surface area contributed by atoms with Gasteiger partial charge in [-0.2, -0.15) is 0 Å². The van der Waals surface area contributed by atoms with Crippen LogP contribution in [0.5, 0.6) is 0 Å². The van der Waals surface area contributed by atoms with Crippen molar-refractivity contribution in [3.63, 3.8) is 0 Å². The highest BCUT2D eigenvalue weighted by molar-refractivity contribution is 4.81. The molecule has 3 fully saturated rings. The van der Waals surface area contributed by atoms with Gasteiger partial charge in [0.05, 0.1) is 38.6 Å². The van der Waals surface area contributed by atoms with Gasteiger partial charge in [0.2, 0.25) is 0 Å². The Hall–Kier alpha value is -1.71. The molecule has 4 rings (SSSR count). The third-order valence-corrected chi connectivity index (χ3v) is 5.47. The zero-order chi connectivity index (χ0) is 18.8. The molecule has 9 nitrogen and oxygen atoms in total. The highest BCUT2D eigenvalue weighted by atomic mass is 16.6. The van der Waals surface area contributed by atoms with Crippen LogP contribution in [0.25, 0.3) is 0 Å². The maximum atomic E-state index is 12.8. The molecule has 0 N–H and O–H groups in total. The van der Waals surface area contributed by atoms with Crippen LogP contribution in [0.3, 0.4) is 0 Å². The van der Waals surface area contributed by atoms with Gasteiger partial charge in [-0.05, 0) is 32.1 Å². The number of hydrogen-bond donors (Lipinski definition) is 0. The molecule has 1 aromatic heterocycles. The van der Waals surface area contributed by atoms with Crippen LogP contribution >= 0.6 is 0 Å². The quantitative estimate of drug-likeness (QED) is 0.482. The first-order valence-electron chi connectivity index (χ1n) is 9.89. The number of nitrogens with zero attached hydrogens (tertiary/aromatic N) is 3. The van der Waals surface area contributed by atoms with Crippen molar-refractivity contribution < 1.29 is 14.2 Å². The Bertz CT molecular complexity index is 773. The number of aromatic nitrogens is 3. The predicted octanol–water partition coefficient (Wildman–Crippen LogP) is -0.434. The molecule has 3 aliphatic heterocycles. The molecule has 3 saturated heterocycles. The van der Waals surface area contributed by atoms with E-state index in [2.05, 4.69) is 0 Å². The van der Waals surface area contributed by atoms with Crippen molar-refractivity contribution in [2.24, 2.45) is 5.92 Å². The van der Waals surface area contributed by atoms with E-state index in [1.54, 1.807) is 0 Å². The Balaban J connectivity index is 1.54. The Labute approximate surface area is 156 Å². The monoisotopic (exact) mass is 381 g/mol. The van der Waals surface area contributed by atoms with Gasteiger partial charge >= 0.3 is 17.1 Å². The van der Waals surface area contributed by atoms with Gasteiger partial charge in [-0.15, -0.1) is 0 Å². The molecule has 0 aromatic carbocycles. The van der Waals surface area contributed by atoms with E-state index in [0.717, 1.165) is 26.1 Å². The fraction of sp³-hybridized carbons (Fsp3) is 0.833. The first-order valence-corrected chi connectivity index (χ1v) is 9.89. The molecular weight excluding hydrogens is 354 g/mol. The Morgan fingerprint density at radius 1 is 0.667 bits per heavy atom. The third kappa shape index (κ3) is 4.59. The molecule has 0 aliphatic carbocycles. The van der Waals surface area contributed by atoms with Crippen LogP contribution in [-0.4, -0.2) is 52.3 Å². The fourth-order valence-corrected chi connectivity index (χ4v) is 3.44. The van der Waals surface area contributed by atoms with E-state index in [4.69, 9.17) is 14.2 Å². The van der Waals surface area contributed by atoms with Crippen LogP contribution in [0, 0.1) is 5.92 Å². The van der Waals surface area contributed by atoms with Gasteiger partial charge in [-0.1, -0.05) is 0 Å². The Kier molecular flexibility index (Phi) is 5.60. The van der Waals surface area contributed by atoms with Crippen LogP contribution < -0.4 is 17.1 Å². The van der Waals surface area contributed by atoms with Gasteiger partial charge in [-0.3, -0.25) is 0 Å². The second-order valence-corrected chi connectivity index (χ2v) is 7.69. The number of hydrogen-bond acceptors (Lipinski definition) is 6. The predicted molar refractivity (Wildman–Crippen MR) is 96.1 cm³/mol. The fourth-order valence-electron chi connectivity index (χ4n) is 3.44. The van der Waals surface area contributed by atoms with Gasteiger partial charge in [0.25, 0.3) is 0 Å². The molecule has 9 heteroatoms. The van der Waals surface area contributed by atoms with Crippen LogP contribution in [0.4, 0.5) is 0 Å². The molecule has 27 heavy (non-hydrogen) atoms. The third-order valence-electron chi connectivity index (χ3n) is 5.47. The molecule has 3 aliphatic rings. The van der Waals surface area contributed by atoms with Crippen LogP contribution in [-0.2, 0) is 33.8 Å². The number of ether oxygens (including phenoxy) is 3. The van der Waals surface area contributed by atoms with Crippen LogP contribution in [0.2, 0.25) is 0 Å². The first-order chi connectivity index (χ1) is 13.1. The Morgan fingerprint density at radius 3 is 1.48 bits per heavy atom. The normalized spacial score (nSPS) is 24.0. The molecule has 0 amide bonds. The standard InChI is InChI=1S/C18H27N3O6/c22-16-19(6-1-3-14-11-26-14)17(23)21(8-5-13-9-25-10-13)18(24)20(16)7-2-4-15-12-27-15/h13-15H,1-12H2. The van der Waals surface area contributed by atoms with Gasteiger partial charge in [0, 0.05) is 25.6 Å². The second-order valence-electron chi connectivity index (χ2n) is 7.69. The summed E-state index contributed by atoms with van der Waals surface area (Å²) in [5, 5.41) is 0. The summed E-state index contributed by atoms with van der Waals surface area (Å²) < 4.78 is 19.2. The van der Waals surface area contributed by atoms with Crippen molar-refractivity contribution in [2.75, 3.05) is 26.4 Å². The molecule has 0 bridgehead atoms. The summed E-state index contributed by atoms with van der Waals surface area (Å²) in [6, 6.07) is 0. The zero-order valence-corrected chi connectivity index (χ0v) is 15.5. The van der Waals surface area contributed by atoms with Crippen molar-refractivity contribution in [3.8, 4) is 0 Å². The largest absolute Gasteiger partial charge is 0.381 e. The van der Waals surface area contributed by atoms with E-state index in [1.807, 2.05) is 0 Å². The smallest absolute Gasteiger partial charge is 0.336 e. The summed E-state index contributed by atoms with van der Waals surface area (Å²) in [5.74, 6) is 0.379. The highest BCUT2D eigenvalue weighted by Gasteiger charge is 2.24. The summed E-state index contributed by atoms with van der Waals surface area (Å²) in [7, 11) is 0. The molecular formula is C18H27N3O6. The van der Waals surface area contributed by atoms with Crippen molar-refractivity contribution >= 4 is 0 Å². The molecule has 4 heterocycles. The molecule has 2 unspecified atom stereocenters. The van der Waals surface area contributed by atoms with Crippen molar-refractivity contribution in [1.82, 2.24) is 13.7 Å². The van der Waals surface area contributed by atoms with Crippen molar-refractivity contribution in [3.05, 3.63) is 31.5 Å². The first kappa shape index (κ1) is 18.6. The lowest BCUT2D eigenvalue weighted by molar-refractivity contribution is -0.0375. The minimum absolute atomic E-state index is 0.256. The molecule has 2 atom stereocenters. The zero-order valence-electron chi connectivity index (χ0n) is 15.5. The molecule has 0 spiro atoms. The molecule has 1 aromatic rings. The van der Waals surface area contributed by atoms with Crippen LogP contribution in [0.1, 0.15) is 32.1 Å². The van der Waals surface area contributed by atoms with Gasteiger partial charge in [0.1, 0.15) is 0 Å². The lowest BCUT2D eigenvalue weighted by atomic mass is 10.0. The average molecular weight is 381 g/mol. The number of epoxide rings is 2. The van der Waals surface area contributed by atoms with Gasteiger partial charge in [0.15, 0.2) is 0 Å². The lowest BCUT2D eigenvalue weighted by Crippen LogP contribution is -2.54. The van der Waals surface area contributed by atoms with Crippen molar-refractivity contribution in [2.45, 2.75) is 63.9 Å². The molecule has 0 saturated carbocycles. The number of rotatable bonds is 11. The van der Waals surface area contributed by atoms with E-state index in [-0.39, 0.29) is 12.2 Å². The second kappa shape index (κ2) is 8.12. The van der Waals surface area contributed by atoms with E-state index in [0.29, 0.717) is 58.0 Å². The van der Waals surface area contributed by atoms with Crippen molar-refractivity contribution in [1.29, 1.82) is 0 Å². The minimum Gasteiger partial charge on any atom is -0.381 e. The SMILES string of the molecule is O=c1n(CCCC2CO2)c(=O)n(CCC2COC2)c(=O)n1CCCC1CO1. The molecule has 150 valence electrons. The van der Waals surface area contributed by atoms with E-state index >= 15 is 0 Å². The van der Waals surface area contributed by atoms with E-state index < -0.39 is 17.1 Å². The van der Waals surface area contributed by atoms with Gasteiger partial charge < -0.3 is 14.2 Å². The molecule has 0 radical (unpaired) electrons. The summed E-state index contributed by atoms with van der Waals surface area (Å²) in [6.07, 6.45) is 4.23. The highest BCUT2D eigenvalue weighted by Crippen LogP contribution is 2.16.